The molecule has 1 atom stereocenters. The zero-order valence-corrected chi connectivity index (χ0v) is 10.7. The van der Waals surface area contributed by atoms with E-state index in [4.69, 9.17) is 0 Å². The van der Waals surface area contributed by atoms with Gasteiger partial charge >= 0.3 is 0 Å². The Kier molecular flexibility index (Phi) is 4.18. The molecule has 0 radical (unpaired) electrons. The zero-order chi connectivity index (χ0) is 12.1. The van der Waals surface area contributed by atoms with Crippen molar-refractivity contribution in [3.8, 4) is 0 Å². The normalized spacial score (nSPS) is 12.4. The summed E-state index contributed by atoms with van der Waals surface area (Å²) in [5, 5.41) is 15.3. The molecule has 0 amide bonds. The van der Waals surface area contributed by atoms with Gasteiger partial charge < -0.3 is 10.4 Å². The van der Waals surface area contributed by atoms with E-state index in [0.717, 1.165) is 17.0 Å². The fraction of sp³-hybridized carbons (Fsp3) is 0.286. The summed E-state index contributed by atoms with van der Waals surface area (Å²) in [5.41, 5.74) is 2.40. The van der Waals surface area contributed by atoms with Crippen molar-refractivity contribution in [3.63, 3.8) is 0 Å². The van der Waals surface area contributed by atoms with Crippen LogP contribution in [-0.2, 0) is 6.42 Å². The summed E-state index contributed by atoms with van der Waals surface area (Å²) in [4.78, 5) is 1.01. The summed E-state index contributed by atoms with van der Waals surface area (Å²) in [6, 6.07) is 12.1. The molecule has 17 heavy (non-hydrogen) atoms. The van der Waals surface area contributed by atoms with Crippen molar-refractivity contribution in [3.05, 3.63) is 52.2 Å². The molecule has 0 spiro atoms. The Morgan fingerprint density at radius 2 is 2.06 bits per heavy atom. The summed E-state index contributed by atoms with van der Waals surface area (Å²) >= 11 is 1.59. The molecule has 90 valence electrons. The maximum atomic E-state index is 9.98. The van der Waals surface area contributed by atoms with Crippen LogP contribution >= 0.6 is 11.3 Å². The van der Waals surface area contributed by atoms with Gasteiger partial charge in [-0.2, -0.15) is 0 Å². The average Bonchev–Trinajstić information content (AvgIpc) is 2.90. The first-order valence-electron chi connectivity index (χ1n) is 5.84. The highest BCUT2D eigenvalue weighted by Crippen LogP contribution is 2.21. The van der Waals surface area contributed by atoms with Gasteiger partial charge in [0, 0.05) is 17.1 Å². The Labute approximate surface area is 106 Å². The van der Waals surface area contributed by atoms with Crippen LogP contribution < -0.4 is 5.32 Å². The lowest BCUT2D eigenvalue weighted by Gasteiger charge is -2.14. The maximum Gasteiger partial charge on any atom is 0.105 e. The molecule has 0 aliphatic carbocycles. The van der Waals surface area contributed by atoms with Crippen LogP contribution in [0.25, 0.3) is 0 Å². The summed E-state index contributed by atoms with van der Waals surface area (Å²) in [6.07, 6.45) is 0.568. The van der Waals surface area contributed by atoms with E-state index in [1.807, 2.05) is 29.6 Å². The number of hydrogen-bond acceptors (Lipinski definition) is 3. The fourth-order valence-electron chi connectivity index (χ4n) is 1.79. The third-order valence-corrected chi connectivity index (χ3v) is 3.73. The van der Waals surface area contributed by atoms with E-state index in [0.29, 0.717) is 6.54 Å². The number of aliphatic hydroxyl groups excluding tert-OH is 1. The molecule has 2 rings (SSSR count). The van der Waals surface area contributed by atoms with Gasteiger partial charge in [0.2, 0.25) is 0 Å². The molecule has 2 aromatic rings. The standard InChI is InChI=1S/C14H17NOS/c1-2-11-6-3-4-7-12(11)15-10-13(16)14-8-5-9-17-14/h3-9,13,15-16H,2,10H2,1H3. The van der Waals surface area contributed by atoms with Crippen LogP contribution in [0.1, 0.15) is 23.5 Å². The smallest absolute Gasteiger partial charge is 0.105 e. The van der Waals surface area contributed by atoms with Crippen molar-refractivity contribution in [1.82, 2.24) is 0 Å². The Hall–Kier alpha value is -1.32. The maximum absolute atomic E-state index is 9.98. The van der Waals surface area contributed by atoms with E-state index < -0.39 is 6.10 Å². The van der Waals surface area contributed by atoms with E-state index >= 15 is 0 Å². The number of rotatable bonds is 5. The first-order chi connectivity index (χ1) is 8.31. The fourth-order valence-corrected chi connectivity index (χ4v) is 2.50. The van der Waals surface area contributed by atoms with Crippen molar-refractivity contribution in [2.24, 2.45) is 0 Å². The highest BCUT2D eigenvalue weighted by Gasteiger charge is 2.08. The van der Waals surface area contributed by atoms with Crippen LogP contribution in [0.5, 0.6) is 0 Å². The second kappa shape index (κ2) is 5.84. The number of aryl methyl sites for hydroxylation is 1. The largest absolute Gasteiger partial charge is 0.386 e. The van der Waals surface area contributed by atoms with Gasteiger partial charge in [-0.15, -0.1) is 11.3 Å². The highest BCUT2D eigenvalue weighted by atomic mass is 32.1. The minimum absolute atomic E-state index is 0.431. The van der Waals surface area contributed by atoms with Crippen molar-refractivity contribution in [2.75, 3.05) is 11.9 Å². The average molecular weight is 247 g/mol. The molecule has 1 aromatic carbocycles. The molecule has 0 fully saturated rings. The zero-order valence-electron chi connectivity index (χ0n) is 9.89. The number of benzene rings is 1. The summed E-state index contributed by atoms with van der Waals surface area (Å²) < 4.78 is 0. The number of nitrogens with one attached hydrogen (secondary N) is 1. The second-order valence-corrected chi connectivity index (χ2v) is 4.90. The molecule has 2 N–H and O–H groups in total. The van der Waals surface area contributed by atoms with Crippen LogP contribution in [0.2, 0.25) is 0 Å². The summed E-state index contributed by atoms with van der Waals surface area (Å²) in [6.45, 7) is 2.69. The van der Waals surface area contributed by atoms with Crippen molar-refractivity contribution >= 4 is 17.0 Å². The first kappa shape index (κ1) is 12.1. The van der Waals surface area contributed by atoms with Crippen LogP contribution in [0, 0.1) is 0 Å². The van der Waals surface area contributed by atoms with Gasteiger partial charge in [-0.3, -0.25) is 0 Å². The van der Waals surface area contributed by atoms with Gasteiger partial charge in [0.1, 0.15) is 6.10 Å². The van der Waals surface area contributed by atoms with Gasteiger partial charge in [0.15, 0.2) is 0 Å². The highest BCUT2D eigenvalue weighted by molar-refractivity contribution is 7.10. The quantitative estimate of drug-likeness (QED) is 0.848. The van der Waals surface area contributed by atoms with Crippen molar-refractivity contribution in [1.29, 1.82) is 0 Å². The molecule has 0 saturated carbocycles. The van der Waals surface area contributed by atoms with Crippen molar-refractivity contribution in [2.45, 2.75) is 19.4 Å². The lowest BCUT2D eigenvalue weighted by atomic mass is 10.1. The molecule has 0 bridgehead atoms. The molecule has 0 saturated heterocycles. The van der Waals surface area contributed by atoms with Crippen LogP contribution in [-0.4, -0.2) is 11.7 Å². The van der Waals surface area contributed by atoms with Gasteiger partial charge in [-0.05, 0) is 29.5 Å². The molecule has 1 unspecified atom stereocenters. The predicted molar refractivity (Wildman–Crippen MR) is 73.6 cm³/mol. The molecule has 1 heterocycles. The Morgan fingerprint density at radius 1 is 1.24 bits per heavy atom. The van der Waals surface area contributed by atoms with E-state index in [1.54, 1.807) is 11.3 Å². The van der Waals surface area contributed by atoms with Gasteiger partial charge in [-0.1, -0.05) is 31.2 Å². The number of para-hydroxylation sites is 1. The molecule has 2 nitrogen and oxygen atoms in total. The van der Waals surface area contributed by atoms with Gasteiger partial charge in [0.05, 0.1) is 0 Å². The van der Waals surface area contributed by atoms with Crippen LogP contribution in [0.15, 0.2) is 41.8 Å². The molecular formula is C14H17NOS. The first-order valence-corrected chi connectivity index (χ1v) is 6.72. The predicted octanol–water partition coefficient (Wildman–Crippen LogP) is 3.46. The second-order valence-electron chi connectivity index (χ2n) is 3.92. The van der Waals surface area contributed by atoms with Gasteiger partial charge in [-0.25, -0.2) is 0 Å². The van der Waals surface area contributed by atoms with Gasteiger partial charge in [0.25, 0.3) is 0 Å². The lowest BCUT2D eigenvalue weighted by molar-refractivity contribution is 0.195. The number of thiophene rings is 1. The minimum atomic E-state index is -0.431. The lowest BCUT2D eigenvalue weighted by Crippen LogP contribution is -2.12. The van der Waals surface area contributed by atoms with E-state index in [1.165, 1.54) is 5.56 Å². The van der Waals surface area contributed by atoms with Crippen molar-refractivity contribution < 1.29 is 5.11 Å². The monoisotopic (exact) mass is 247 g/mol. The van der Waals surface area contributed by atoms with E-state index in [9.17, 15) is 5.11 Å². The molecule has 0 aliphatic heterocycles. The molecule has 1 aromatic heterocycles. The minimum Gasteiger partial charge on any atom is -0.386 e. The number of anilines is 1. The Balaban J connectivity index is 1.98. The SMILES string of the molecule is CCc1ccccc1NCC(O)c1cccs1. The molecule has 3 heteroatoms. The molecule has 0 aliphatic rings. The Morgan fingerprint density at radius 3 is 2.76 bits per heavy atom. The van der Waals surface area contributed by atoms with E-state index in [2.05, 4.69) is 24.4 Å². The third-order valence-electron chi connectivity index (χ3n) is 2.76. The third kappa shape index (κ3) is 3.08. The van der Waals surface area contributed by atoms with Crippen LogP contribution in [0.4, 0.5) is 5.69 Å². The van der Waals surface area contributed by atoms with E-state index in [-0.39, 0.29) is 0 Å². The number of hydrogen-bond donors (Lipinski definition) is 2. The van der Waals surface area contributed by atoms with Crippen LogP contribution in [0.3, 0.4) is 0 Å². The number of aliphatic hydroxyl groups is 1. The topological polar surface area (TPSA) is 32.3 Å². The Bertz CT molecular complexity index is 453. The summed E-state index contributed by atoms with van der Waals surface area (Å²) in [5.74, 6) is 0. The summed E-state index contributed by atoms with van der Waals surface area (Å²) in [7, 11) is 0. The molecular weight excluding hydrogens is 230 g/mol.